The lowest BCUT2D eigenvalue weighted by molar-refractivity contribution is -0.540. The van der Waals surface area contributed by atoms with E-state index in [9.17, 15) is 10.1 Å². The lowest BCUT2D eigenvalue weighted by Crippen LogP contribution is -2.44. The highest BCUT2D eigenvalue weighted by Gasteiger charge is 2.52. The van der Waals surface area contributed by atoms with Crippen LogP contribution in [0.4, 0.5) is 0 Å². The first-order chi connectivity index (χ1) is 7.27. The Hall–Kier alpha value is -0.600. The molecule has 84 valence electrons. The molecule has 0 unspecified atom stereocenters. The summed E-state index contributed by atoms with van der Waals surface area (Å²) in [5.74, 6) is 2.84. The highest BCUT2D eigenvalue weighted by Crippen LogP contribution is 2.54. The average molecular weight is 209 g/mol. The van der Waals surface area contributed by atoms with Crippen LogP contribution >= 0.6 is 0 Å². The van der Waals surface area contributed by atoms with Crippen LogP contribution < -0.4 is 0 Å². The standard InChI is InChI=1S/C12H19NO2/c14-13(15)11-7-6-9-5-4-8-2-1-3-10(11)12(8)9/h8-12H,1-7H2/t8-,9-,10-,11+,12+/m0/s1. The first-order valence-corrected chi connectivity index (χ1v) is 6.41. The molecule has 0 aromatic rings. The van der Waals surface area contributed by atoms with E-state index >= 15 is 0 Å². The maximum Gasteiger partial charge on any atom is 0.216 e. The van der Waals surface area contributed by atoms with Gasteiger partial charge in [0.1, 0.15) is 0 Å². The molecule has 15 heavy (non-hydrogen) atoms. The highest BCUT2D eigenvalue weighted by molar-refractivity contribution is 4.97. The van der Waals surface area contributed by atoms with Gasteiger partial charge in [0.05, 0.1) is 0 Å². The molecular weight excluding hydrogens is 190 g/mol. The van der Waals surface area contributed by atoms with E-state index in [0.717, 1.165) is 37.0 Å². The first-order valence-electron chi connectivity index (χ1n) is 6.41. The zero-order valence-electron chi connectivity index (χ0n) is 9.10. The lowest BCUT2D eigenvalue weighted by Gasteiger charge is -2.41. The molecule has 5 atom stereocenters. The summed E-state index contributed by atoms with van der Waals surface area (Å²) in [7, 11) is 0. The molecule has 3 rings (SSSR count). The maximum absolute atomic E-state index is 11.0. The van der Waals surface area contributed by atoms with Gasteiger partial charge in [-0.3, -0.25) is 10.1 Å². The van der Waals surface area contributed by atoms with Crippen LogP contribution in [-0.2, 0) is 0 Å². The Labute approximate surface area is 90.4 Å². The Morgan fingerprint density at radius 3 is 2.33 bits per heavy atom. The zero-order chi connectivity index (χ0) is 10.4. The van der Waals surface area contributed by atoms with E-state index in [1.807, 2.05) is 0 Å². The summed E-state index contributed by atoms with van der Waals surface area (Å²) < 4.78 is 0. The van der Waals surface area contributed by atoms with Crippen LogP contribution in [0.3, 0.4) is 0 Å². The van der Waals surface area contributed by atoms with Gasteiger partial charge < -0.3 is 0 Å². The number of hydrogen-bond acceptors (Lipinski definition) is 2. The van der Waals surface area contributed by atoms with Crippen LogP contribution in [0.2, 0.25) is 0 Å². The molecule has 0 radical (unpaired) electrons. The Morgan fingerprint density at radius 2 is 1.60 bits per heavy atom. The average Bonchev–Trinajstić information content (AvgIpc) is 2.64. The van der Waals surface area contributed by atoms with Crippen LogP contribution in [0, 0.1) is 33.8 Å². The van der Waals surface area contributed by atoms with E-state index in [-0.39, 0.29) is 11.0 Å². The van der Waals surface area contributed by atoms with Crippen molar-refractivity contribution in [2.24, 2.45) is 23.7 Å². The summed E-state index contributed by atoms with van der Waals surface area (Å²) in [6, 6.07) is -0.202. The SMILES string of the molecule is O=[N+]([O-])[C@@H]1CC[C@@H]2CC[C@@H]3CCC[C@@H]1[C@H]32. The fourth-order valence-corrected chi connectivity index (χ4v) is 4.69. The smallest absolute Gasteiger partial charge is 0.216 e. The molecule has 3 fully saturated rings. The van der Waals surface area contributed by atoms with Gasteiger partial charge in [-0.1, -0.05) is 12.8 Å². The van der Waals surface area contributed by atoms with Crippen molar-refractivity contribution in [3.63, 3.8) is 0 Å². The molecule has 0 aliphatic heterocycles. The third kappa shape index (κ3) is 1.39. The number of nitro groups is 1. The summed E-state index contributed by atoms with van der Waals surface area (Å²) in [6.07, 6.45) is 8.41. The molecule has 0 bridgehead atoms. The number of rotatable bonds is 1. The van der Waals surface area contributed by atoms with Gasteiger partial charge >= 0.3 is 0 Å². The summed E-state index contributed by atoms with van der Waals surface area (Å²) in [6.45, 7) is 0. The fraction of sp³-hybridized carbons (Fsp3) is 1.00. The van der Waals surface area contributed by atoms with E-state index in [2.05, 4.69) is 0 Å². The largest absolute Gasteiger partial charge is 0.264 e. The molecule has 0 amide bonds. The molecular formula is C12H19NO2. The van der Waals surface area contributed by atoms with E-state index in [1.54, 1.807) is 0 Å². The molecule has 0 spiro atoms. The van der Waals surface area contributed by atoms with Gasteiger partial charge in [0.2, 0.25) is 6.04 Å². The fourth-order valence-electron chi connectivity index (χ4n) is 4.69. The van der Waals surface area contributed by atoms with Crippen molar-refractivity contribution < 1.29 is 4.92 Å². The van der Waals surface area contributed by atoms with Crippen LogP contribution in [0.25, 0.3) is 0 Å². The molecule has 3 heteroatoms. The van der Waals surface area contributed by atoms with Gasteiger partial charge in [0, 0.05) is 17.3 Å². The second kappa shape index (κ2) is 3.46. The number of nitrogens with zero attached hydrogens (tertiary/aromatic N) is 1. The van der Waals surface area contributed by atoms with Crippen LogP contribution in [0.5, 0.6) is 0 Å². The molecule has 0 heterocycles. The second-order valence-corrected chi connectivity index (χ2v) is 5.70. The monoisotopic (exact) mass is 209 g/mol. The van der Waals surface area contributed by atoms with Crippen molar-refractivity contribution in [2.45, 2.75) is 51.0 Å². The van der Waals surface area contributed by atoms with Gasteiger partial charge in [-0.15, -0.1) is 0 Å². The second-order valence-electron chi connectivity index (χ2n) is 5.70. The zero-order valence-corrected chi connectivity index (χ0v) is 9.10. The van der Waals surface area contributed by atoms with Gasteiger partial charge in [0.25, 0.3) is 0 Å². The van der Waals surface area contributed by atoms with E-state index in [1.165, 1.54) is 25.7 Å². The summed E-state index contributed by atoms with van der Waals surface area (Å²) in [5.41, 5.74) is 0. The van der Waals surface area contributed by atoms with Gasteiger partial charge in [-0.25, -0.2) is 0 Å². The van der Waals surface area contributed by atoms with Crippen molar-refractivity contribution in [2.75, 3.05) is 0 Å². The predicted octanol–water partition coefficient (Wildman–Crippen LogP) is 2.87. The Balaban J connectivity index is 1.86. The molecule has 0 aromatic carbocycles. The third-order valence-electron chi connectivity index (χ3n) is 5.20. The summed E-state index contributed by atoms with van der Waals surface area (Å²) >= 11 is 0. The number of hydrogen-bond donors (Lipinski definition) is 0. The van der Waals surface area contributed by atoms with E-state index < -0.39 is 0 Å². The first kappa shape index (κ1) is 9.61. The molecule has 0 saturated heterocycles. The minimum absolute atomic E-state index is 0.0155. The van der Waals surface area contributed by atoms with Crippen molar-refractivity contribution in [3.8, 4) is 0 Å². The molecule has 0 aromatic heterocycles. The molecule has 3 aliphatic rings. The minimum atomic E-state index is -0.202. The van der Waals surface area contributed by atoms with Crippen LogP contribution in [0.1, 0.15) is 44.9 Å². The van der Waals surface area contributed by atoms with E-state index in [4.69, 9.17) is 0 Å². The van der Waals surface area contributed by atoms with Crippen LogP contribution in [0.15, 0.2) is 0 Å². The molecule has 0 N–H and O–H groups in total. The van der Waals surface area contributed by atoms with Crippen molar-refractivity contribution in [1.29, 1.82) is 0 Å². The Kier molecular flexibility index (Phi) is 2.22. The molecule has 3 nitrogen and oxygen atoms in total. The summed E-state index contributed by atoms with van der Waals surface area (Å²) in [4.78, 5) is 11.1. The highest BCUT2D eigenvalue weighted by atomic mass is 16.6. The molecule has 3 aliphatic carbocycles. The van der Waals surface area contributed by atoms with Crippen LogP contribution in [-0.4, -0.2) is 11.0 Å². The quantitative estimate of drug-likeness (QED) is 0.492. The van der Waals surface area contributed by atoms with Crippen molar-refractivity contribution >= 4 is 0 Å². The van der Waals surface area contributed by atoms with E-state index in [0.29, 0.717) is 5.92 Å². The van der Waals surface area contributed by atoms with Crippen molar-refractivity contribution in [3.05, 3.63) is 10.1 Å². The van der Waals surface area contributed by atoms with Gasteiger partial charge in [0.15, 0.2) is 0 Å². The predicted molar refractivity (Wildman–Crippen MR) is 57.1 cm³/mol. The normalized spacial score (nSPS) is 48.7. The Bertz CT molecular complexity index is 273. The van der Waals surface area contributed by atoms with Gasteiger partial charge in [-0.2, -0.15) is 0 Å². The lowest BCUT2D eigenvalue weighted by atomic mass is 9.63. The maximum atomic E-state index is 11.0. The van der Waals surface area contributed by atoms with Gasteiger partial charge in [-0.05, 0) is 43.4 Å². The Morgan fingerprint density at radius 1 is 0.933 bits per heavy atom. The molecule has 3 saturated carbocycles. The topological polar surface area (TPSA) is 43.1 Å². The third-order valence-corrected chi connectivity index (χ3v) is 5.20. The van der Waals surface area contributed by atoms with Crippen molar-refractivity contribution in [1.82, 2.24) is 0 Å². The summed E-state index contributed by atoms with van der Waals surface area (Å²) in [5, 5.41) is 11.0. The minimum Gasteiger partial charge on any atom is -0.264 e.